The smallest absolute Gasteiger partial charge is 0.338 e. The molecule has 0 amide bonds. The van der Waals surface area contributed by atoms with E-state index >= 15 is 0 Å². The molecule has 0 unspecified atom stereocenters. The van der Waals surface area contributed by atoms with Crippen LogP contribution in [-0.4, -0.2) is 47.9 Å². The lowest BCUT2D eigenvalue weighted by atomic mass is 9.83. The van der Waals surface area contributed by atoms with Crippen molar-refractivity contribution in [2.45, 2.75) is 56.7 Å². The Morgan fingerprint density at radius 2 is 2.08 bits per heavy atom. The maximum absolute atomic E-state index is 12.3. The minimum Gasteiger partial charge on any atom is -0.458 e. The van der Waals surface area contributed by atoms with Crippen molar-refractivity contribution in [2.75, 3.05) is 0 Å². The fourth-order valence-corrected chi connectivity index (χ4v) is 3.91. The lowest BCUT2D eigenvalue weighted by Crippen LogP contribution is -2.33. The first-order chi connectivity index (χ1) is 11.3. The molecule has 4 rings (SSSR count). The SMILES string of the molecule is C=C1C(=O)O[C@@H]2C[C@]3(C)O[C@H]3C[C@@H](OC(C)=O)C3=C[C@H](OC3=O)[C@@H]12. The second kappa shape index (κ2) is 4.92. The van der Waals surface area contributed by atoms with E-state index in [4.69, 9.17) is 18.9 Å². The third-order valence-corrected chi connectivity index (χ3v) is 5.23. The van der Waals surface area contributed by atoms with E-state index in [0.717, 1.165) is 0 Å². The molecule has 0 radical (unpaired) electrons. The van der Waals surface area contributed by atoms with E-state index < -0.39 is 47.7 Å². The lowest BCUT2D eigenvalue weighted by molar-refractivity contribution is -0.148. The monoisotopic (exact) mass is 334 g/mol. The summed E-state index contributed by atoms with van der Waals surface area (Å²) >= 11 is 0. The van der Waals surface area contributed by atoms with Gasteiger partial charge in [0, 0.05) is 25.3 Å². The van der Waals surface area contributed by atoms with Crippen molar-refractivity contribution in [3.05, 3.63) is 23.8 Å². The number of esters is 3. The zero-order valence-corrected chi connectivity index (χ0v) is 13.4. The maximum Gasteiger partial charge on any atom is 0.338 e. The molecular weight excluding hydrogens is 316 g/mol. The molecule has 0 saturated carbocycles. The Kier molecular flexibility index (Phi) is 3.16. The number of carbonyl (C=O) groups is 3. The van der Waals surface area contributed by atoms with Crippen molar-refractivity contribution in [1.82, 2.24) is 0 Å². The number of epoxide rings is 1. The summed E-state index contributed by atoms with van der Waals surface area (Å²) in [5.41, 5.74) is 0.105. The van der Waals surface area contributed by atoms with Gasteiger partial charge in [0.15, 0.2) is 0 Å². The number of fused-ring (bicyclic) bond motifs is 4. The van der Waals surface area contributed by atoms with Gasteiger partial charge in [-0.3, -0.25) is 4.79 Å². The van der Waals surface area contributed by atoms with Gasteiger partial charge in [-0.15, -0.1) is 0 Å². The molecule has 4 aliphatic rings. The molecule has 1 aliphatic carbocycles. The first kappa shape index (κ1) is 15.4. The van der Waals surface area contributed by atoms with Gasteiger partial charge in [0.05, 0.1) is 23.2 Å². The molecule has 3 aliphatic heterocycles. The zero-order chi connectivity index (χ0) is 17.2. The molecule has 0 aromatic heterocycles. The van der Waals surface area contributed by atoms with Crippen LogP contribution in [0.25, 0.3) is 0 Å². The van der Waals surface area contributed by atoms with Crippen LogP contribution in [-0.2, 0) is 33.3 Å². The fourth-order valence-electron chi connectivity index (χ4n) is 3.91. The van der Waals surface area contributed by atoms with E-state index in [2.05, 4.69) is 6.58 Å². The highest BCUT2D eigenvalue weighted by Gasteiger charge is 2.60. The van der Waals surface area contributed by atoms with Crippen LogP contribution in [0.3, 0.4) is 0 Å². The average molecular weight is 334 g/mol. The summed E-state index contributed by atoms with van der Waals surface area (Å²) in [6.07, 6.45) is 0.501. The molecule has 128 valence electrons. The first-order valence-electron chi connectivity index (χ1n) is 7.96. The van der Waals surface area contributed by atoms with Crippen LogP contribution in [0, 0.1) is 5.92 Å². The van der Waals surface area contributed by atoms with Crippen molar-refractivity contribution >= 4 is 17.9 Å². The van der Waals surface area contributed by atoms with Crippen molar-refractivity contribution < 1.29 is 33.3 Å². The molecule has 3 heterocycles. The van der Waals surface area contributed by atoms with E-state index in [-0.39, 0.29) is 6.10 Å². The Balaban J connectivity index is 1.73. The van der Waals surface area contributed by atoms with Crippen molar-refractivity contribution in [3.63, 3.8) is 0 Å². The van der Waals surface area contributed by atoms with Gasteiger partial charge in [0.2, 0.25) is 0 Å². The predicted molar refractivity (Wildman–Crippen MR) is 78.5 cm³/mol. The van der Waals surface area contributed by atoms with E-state index in [1.807, 2.05) is 6.92 Å². The number of carbonyl (C=O) groups excluding carboxylic acids is 3. The van der Waals surface area contributed by atoms with Crippen LogP contribution >= 0.6 is 0 Å². The molecule has 7 heteroatoms. The molecule has 24 heavy (non-hydrogen) atoms. The highest BCUT2D eigenvalue weighted by atomic mass is 16.6. The van der Waals surface area contributed by atoms with Gasteiger partial charge in [-0.1, -0.05) is 6.58 Å². The molecule has 2 bridgehead atoms. The highest BCUT2D eigenvalue weighted by Crippen LogP contribution is 2.49. The molecule has 0 aromatic carbocycles. The number of rotatable bonds is 1. The summed E-state index contributed by atoms with van der Waals surface area (Å²) in [6, 6.07) is 0. The zero-order valence-electron chi connectivity index (χ0n) is 13.4. The Hall–Kier alpha value is -2.15. The molecule has 0 aromatic rings. The summed E-state index contributed by atoms with van der Waals surface area (Å²) in [5.74, 6) is -1.93. The second-order valence-corrected chi connectivity index (χ2v) is 6.94. The molecule has 0 N–H and O–H groups in total. The molecule has 6 atom stereocenters. The summed E-state index contributed by atoms with van der Waals surface area (Å²) in [5, 5.41) is 0. The highest BCUT2D eigenvalue weighted by molar-refractivity contribution is 5.94. The van der Waals surface area contributed by atoms with Gasteiger partial charge in [0.25, 0.3) is 0 Å². The van der Waals surface area contributed by atoms with Gasteiger partial charge in [-0.05, 0) is 13.0 Å². The standard InChI is InChI=1S/C17H18O7/c1-7-14-11-4-9(16(20)22-11)10(21-8(2)18)5-13-17(3,24-13)6-12(14)23-15(7)19/h4,10-14H,1,5-6H2,2-3H3/t10-,11+,12-,13+,14-,17+/m1/s1. The first-order valence-corrected chi connectivity index (χ1v) is 7.96. The topological polar surface area (TPSA) is 91.4 Å². The molecule has 2 saturated heterocycles. The fraction of sp³-hybridized carbons (Fsp3) is 0.588. The Labute approximate surface area is 138 Å². The summed E-state index contributed by atoms with van der Waals surface area (Å²) in [6.45, 7) is 7.02. The quantitative estimate of drug-likeness (QED) is 0.303. The number of ether oxygens (including phenoxy) is 4. The van der Waals surface area contributed by atoms with Crippen LogP contribution < -0.4 is 0 Å². The van der Waals surface area contributed by atoms with E-state index in [1.165, 1.54) is 6.92 Å². The maximum atomic E-state index is 12.3. The predicted octanol–water partition coefficient (Wildman–Crippen LogP) is 0.819. The Bertz CT molecular complexity index is 693. The van der Waals surface area contributed by atoms with E-state index in [1.54, 1.807) is 6.08 Å². The van der Waals surface area contributed by atoms with Crippen molar-refractivity contribution in [2.24, 2.45) is 5.92 Å². The van der Waals surface area contributed by atoms with Gasteiger partial charge in [-0.2, -0.15) is 0 Å². The summed E-state index contributed by atoms with van der Waals surface area (Å²) in [4.78, 5) is 35.6. The molecule has 0 spiro atoms. The van der Waals surface area contributed by atoms with Crippen molar-refractivity contribution in [3.8, 4) is 0 Å². The van der Waals surface area contributed by atoms with Gasteiger partial charge in [-0.25, -0.2) is 9.59 Å². The third kappa shape index (κ3) is 2.26. The summed E-state index contributed by atoms with van der Waals surface area (Å²) in [7, 11) is 0. The van der Waals surface area contributed by atoms with Gasteiger partial charge < -0.3 is 18.9 Å². The molecule has 7 nitrogen and oxygen atoms in total. The van der Waals surface area contributed by atoms with Crippen molar-refractivity contribution in [1.29, 1.82) is 0 Å². The van der Waals surface area contributed by atoms with Crippen LogP contribution in [0.5, 0.6) is 0 Å². The normalized spacial score (nSPS) is 43.2. The van der Waals surface area contributed by atoms with Crippen LogP contribution in [0.1, 0.15) is 26.7 Å². The number of hydrogen-bond donors (Lipinski definition) is 0. The molecular formula is C17H18O7. The minimum atomic E-state index is -0.713. The molecule has 2 fully saturated rings. The lowest BCUT2D eigenvalue weighted by Gasteiger charge is -2.23. The van der Waals surface area contributed by atoms with Gasteiger partial charge >= 0.3 is 17.9 Å². The summed E-state index contributed by atoms with van der Waals surface area (Å²) < 4.78 is 21.9. The van der Waals surface area contributed by atoms with E-state index in [9.17, 15) is 14.4 Å². The third-order valence-electron chi connectivity index (χ3n) is 5.23. The average Bonchev–Trinajstić information content (AvgIpc) is 2.80. The van der Waals surface area contributed by atoms with Crippen LogP contribution in [0.15, 0.2) is 23.8 Å². The Morgan fingerprint density at radius 3 is 2.79 bits per heavy atom. The van der Waals surface area contributed by atoms with Crippen LogP contribution in [0.2, 0.25) is 0 Å². The Morgan fingerprint density at radius 1 is 1.33 bits per heavy atom. The van der Waals surface area contributed by atoms with E-state index in [0.29, 0.717) is 24.0 Å². The largest absolute Gasteiger partial charge is 0.458 e. The minimum absolute atomic E-state index is 0.180. The second-order valence-electron chi connectivity index (χ2n) is 6.94. The van der Waals surface area contributed by atoms with Gasteiger partial charge in [0.1, 0.15) is 18.3 Å². The number of hydrogen-bond acceptors (Lipinski definition) is 7. The van der Waals surface area contributed by atoms with Crippen LogP contribution in [0.4, 0.5) is 0 Å².